The second kappa shape index (κ2) is 10.3. The van der Waals surface area contributed by atoms with Crippen molar-refractivity contribution in [1.82, 2.24) is 4.90 Å². The predicted molar refractivity (Wildman–Crippen MR) is 130 cm³/mol. The lowest BCUT2D eigenvalue weighted by molar-refractivity contribution is -0.274. The zero-order chi connectivity index (χ0) is 27.0. The molecule has 0 amide bonds. The van der Waals surface area contributed by atoms with Crippen molar-refractivity contribution in [2.45, 2.75) is 44.9 Å². The fraction of sp³-hybridized carbons (Fsp3) is 0.417. The van der Waals surface area contributed by atoms with Gasteiger partial charge in [-0.1, -0.05) is 30.3 Å². The van der Waals surface area contributed by atoms with Crippen LogP contribution in [-0.4, -0.2) is 50.7 Å². The maximum Gasteiger partial charge on any atom is 0.573 e. The van der Waals surface area contributed by atoms with Gasteiger partial charge in [0, 0.05) is 11.2 Å². The fourth-order valence-corrected chi connectivity index (χ4v) is 7.45. The number of rotatable bonds is 8. The van der Waals surface area contributed by atoms with Crippen LogP contribution < -0.4 is 9.04 Å². The third-order valence-corrected chi connectivity index (χ3v) is 9.33. The van der Waals surface area contributed by atoms with Crippen LogP contribution in [0.5, 0.6) is 5.75 Å². The Balaban J connectivity index is 1.63. The standard InChI is InChI=1S/C24H24F6N2O3S2/c1-16-19-5-2-3-6-20(19)36-22(16)32(15-17-8-10-18(11-9-17)35-24(28,29)30)37(33,34)14-13-31-12-4-7-21(31)23(25,26)27/h2-3,5-6,8-11,21H,4,7,12-15H2,1H3/t21-/m1/s1. The number of nitrogens with zero attached hydrogens (tertiary/aromatic N) is 2. The van der Waals surface area contributed by atoms with Crippen molar-refractivity contribution in [3.8, 4) is 5.75 Å². The normalized spacial score (nSPS) is 17.4. The third-order valence-electron chi connectivity index (χ3n) is 6.24. The molecule has 2 heterocycles. The highest BCUT2D eigenvalue weighted by Gasteiger charge is 2.46. The van der Waals surface area contributed by atoms with E-state index in [1.807, 2.05) is 24.3 Å². The third kappa shape index (κ3) is 6.50. The van der Waals surface area contributed by atoms with Crippen LogP contribution in [0.1, 0.15) is 24.0 Å². The highest BCUT2D eigenvalue weighted by Crippen LogP contribution is 2.40. The highest BCUT2D eigenvalue weighted by molar-refractivity contribution is 7.93. The number of halogens is 6. The van der Waals surface area contributed by atoms with Gasteiger partial charge in [-0.05, 0) is 61.0 Å². The molecule has 202 valence electrons. The Bertz CT molecular complexity index is 1340. The maximum atomic E-state index is 13.6. The second-order valence-electron chi connectivity index (χ2n) is 8.78. The Labute approximate surface area is 214 Å². The summed E-state index contributed by atoms with van der Waals surface area (Å²) in [5.74, 6) is -0.987. The van der Waals surface area contributed by atoms with Gasteiger partial charge in [-0.25, -0.2) is 8.42 Å². The lowest BCUT2D eigenvalue weighted by atomic mass is 10.2. The van der Waals surface area contributed by atoms with Crippen molar-refractivity contribution in [2.75, 3.05) is 23.1 Å². The smallest absolute Gasteiger partial charge is 0.406 e. The maximum absolute atomic E-state index is 13.6. The van der Waals surface area contributed by atoms with Crippen molar-refractivity contribution in [1.29, 1.82) is 0 Å². The van der Waals surface area contributed by atoms with Gasteiger partial charge in [0.25, 0.3) is 0 Å². The minimum atomic E-state index is -4.87. The molecule has 0 radical (unpaired) electrons. The van der Waals surface area contributed by atoms with Crippen molar-refractivity contribution in [2.24, 2.45) is 0 Å². The molecule has 37 heavy (non-hydrogen) atoms. The molecule has 1 atom stereocenters. The van der Waals surface area contributed by atoms with Gasteiger partial charge >= 0.3 is 12.5 Å². The van der Waals surface area contributed by atoms with Crippen LogP contribution in [0.4, 0.5) is 31.3 Å². The molecule has 3 aromatic rings. The molecular weight excluding hydrogens is 542 g/mol. The molecule has 0 N–H and O–H groups in total. The first-order chi connectivity index (χ1) is 17.2. The molecule has 0 saturated carbocycles. The number of anilines is 1. The number of alkyl halides is 6. The average molecular weight is 567 g/mol. The monoisotopic (exact) mass is 566 g/mol. The number of hydrogen-bond acceptors (Lipinski definition) is 5. The zero-order valence-corrected chi connectivity index (χ0v) is 21.3. The van der Waals surface area contributed by atoms with Gasteiger partial charge < -0.3 is 4.74 Å². The summed E-state index contributed by atoms with van der Waals surface area (Å²) in [7, 11) is -4.12. The van der Waals surface area contributed by atoms with Gasteiger partial charge in [-0.15, -0.1) is 24.5 Å². The first-order valence-corrected chi connectivity index (χ1v) is 13.8. The van der Waals surface area contributed by atoms with Crippen LogP contribution in [0, 0.1) is 6.92 Å². The molecule has 0 bridgehead atoms. The molecule has 13 heteroatoms. The van der Waals surface area contributed by atoms with Crippen molar-refractivity contribution < 1.29 is 39.5 Å². The second-order valence-corrected chi connectivity index (χ2v) is 11.8. The Morgan fingerprint density at radius 1 is 1.05 bits per heavy atom. The SMILES string of the molecule is Cc1c(N(Cc2ccc(OC(F)(F)F)cc2)S(=O)(=O)CCN2CCC[C@@H]2C(F)(F)F)sc2ccccc12. The topological polar surface area (TPSA) is 49.9 Å². The predicted octanol–water partition coefficient (Wildman–Crippen LogP) is 6.47. The van der Waals surface area contributed by atoms with E-state index < -0.39 is 40.1 Å². The van der Waals surface area contributed by atoms with Crippen LogP contribution >= 0.6 is 11.3 Å². The molecular formula is C24H24F6N2O3S2. The minimum absolute atomic E-state index is 0.0744. The van der Waals surface area contributed by atoms with Crippen LogP contribution in [0.25, 0.3) is 10.1 Å². The van der Waals surface area contributed by atoms with Crippen LogP contribution in [0.2, 0.25) is 0 Å². The molecule has 1 aromatic heterocycles. The number of likely N-dealkylation sites (tertiary alicyclic amines) is 1. The van der Waals surface area contributed by atoms with E-state index >= 15 is 0 Å². The first-order valence-electron chi connectivity index (χ1n) is 11.4. The van der Waals surface area contributed by atoms with E-state index in [1.54, 1.807) is 6.92 Å². The molecule has 2 aromatic carbocycles. The van der Waals surface area contributed by atoms with Crippen LogP contribution in [0.15, 0.2) is 48.5 Å². The Kier molecular flexibility index (Phi) is 7.69. The lowest BCUT2D eigenvalue weighted by Crippen LogP contribution is -2.44. The molecule has 1 aliphatic rings. The van der Waals surface area contributed by atoms with E-state index in [0.29, 0.717) is 22.5 Å². The van der Waals surface area contributed by atoms with Crippen LogP contribution in [-0.2, 0) is 16.6 Å². The van der Waals surface area contributed by atoms with Gasteiger partial charge in [0.2, 0.25) is 10.0 Å². The number of hydrogen-bond donors (Lipinski definition) is 0. The number of benzene rings is 2. The Morgan fingerprint density at radius 3 is 2.35 bits per heavy atom. The molecule has 0 aliphatic carbocycles. The molecule has 0 unspecified atom stereocenters. The summed E-state index contributed by atoms with van der Waals surface area (Å²) in [5.41, 5.74) is 1.08. The molecule has 1 fully saturated rings. The van der Waals surface area contributed by atoms with E-state index in [2.05, 4.69) is 4.74 Å². The number of aryl methyl sites for hydroxylation is 1. The van der Waals surface area contributed by atoms with Crippen molar-refractivity contribution >= 4 is 36.4 Å². The quantitative estimate of drug-likeness (QED) is 0.293. The van der Waals surface area contributed by atoms with Gasteiger partial charge in [0.1, 0.15) is 16.8 Å². The van der Waals surface area contributed by atoms with E-state index in [9.17, 15) is 34.8 Å². The average Bonchev–Trinajstić information content (AvgIpc) is 3.41. The van der Waals surface area contributed by atoms with E-state index in [-0.39, 0.29) is 26.1 Å². The minimum Gasteiger partial charge on any atom is -0.406 e. The fourth-order valence-electron chi connectivity index (χ4n) is 4.47. The summed E-state index contributed by atoms with van der Waals surface area (Å²) in [5, 5.41) is 1.25. The van der Waals surface area contributed by atoms with Crippen LogP contribution in [0.3, 0.4) is 0 Å². The molecule has 1 aliphatic heterocycles. The number of thiophene rings is 1. The first kappa shape index (κ1) is 27.5. The Morgan fingerprint density at radius 2 is 1.73 bits per heavy atom. The molecule has 5 nitrogen and oxygen atoms in total. The van der Waals surface area contributed by atoms with E-state index in [4.69, 9.17) is 0 Å². The van der Waals surface area contributed by atoms with Gasteiger partial charge in [0.15, 0.2) is 0 Å². The van der Waals surface area contributed by atoms with E-state index in [1.165, 1.54) is 23.5 Å². The summed E-state index contributed by atoms with van der Waals surface area (Å²) in [6, 6.07) is 10.5. The number of fused-ring (bicyclic) bond motifs is 1. The summed E-state index contributed by atoms with van der Waals surface area (Å²) in [4.78, 5) is 1.15. The number of sulfonamides is 1. The molecule has 4 rings (SSSR count). The highest BCUT2D eigenvalue weighted by atomic mass is 32.2. The lowest BCUT2D eigenvalue weighted by Gasteiger charge is -2.29. The van der Waals surface area contributed by atoms with Gasteiger partial charge in [-0.2, -0.15) is 13.2 Å². The van der Waals surface area contributed by atoms with Gasteiger partial charge in [0.05, 0.1) is 12.3 Å². The summed E-state index contributed by atoms with van der Waals surface area (Å²) in [6.45, 7) is 1.43. The summed E-state index contributed by atoms with van der Waals surface area (Å²) < 4.78 is 111. The van der Waals surface area contributed by atoms with E-state index in [0.717, 1.165) is 31.4 Å². The van der Waals surface area contributed by atoms with Gasteiger partial charge in [-0.3, -0.25) is 9.21 Å². The Hall–Kier alpha value is -2.51. The summed E-state index contributed by atoms with van der Waals surface area (Å²) in [6.07, 6.45) is -9.05. The summed E-state index contributed by atoms with van der Waals surface area (Å²) >= 11 is 1.23. The molecule has 0 spiro atoms. The number of ether oxygens (including phenoxy) is 1. The molecule has 1 saturated heterocycles. The van der Waals surface area contributed by atoms with Crippen molar-refractivity contribution in [3.05, 3.63) is 59.7 Å². The van der Waals surface area contributed by atoms with Crippen molar-refractivity contribution in [3.63, 3.8) is 0 Å². The zero-order valence-electron chi connectivity index (χ0n) is 19.6. The largest absolute Gasteiger partial charge is 0.573 e.